The number of hydrogen-bond donors (Lipinski definition) is 4. The largest absolute Gasteiger partial charge is 0.507 e. The topological polar surface area (TPSA) is 153 Å². The molecule has 0 aliphatic carbocycles. The lowest BCUT2D eigenvalue weighted by Crippen LogP contribution is -2.25. The summed E-state index contributed by atoms with van der Waals surface area (Å²) in [5, 5.41) is 44.8. The van der Waals surface area contributed by atoms with Gasteiger partial charge in [0.1, 0.15) is 35.2 Å². The highest BCUT2D eigenvalue weighted by Crippen LogP contribution is 2.47. The number of methoxy groups -OCH3 is 1. The predicted molar refractivity (Wildman–Crippen MR) is 169 cm³/mol. The molecule has 0 spiro atoms. The summed E-state index contributed by atoms with van der Waals surface area (Å²) in [6.07, 6.45) is -1.61. The number of ether oxygens (including phenoxy) is 3. The molecule has 4 N–H and O–H groups in total. The summed E-state index contributed by atoms with van der Waals surface area (Å²) in [4.78, 5) is 27.3. The number of aromatic nitrogens is 2. The summed E-state index contributed by atoms with van der Waals surface area (Å²) in [6, 6.07) is 12.1. The zero-order valence-electron chi connectivity index (χ0n) is 25.1. The molecule has 1 aliphatic heterocycles. The number of benzene rings is 4. The van der Waals surface area contributed by atoms with Gasteiger partial charge in [-0.05, 0) is 30.2 Å². The Labute approximate surface area is 255 Å². The quantitative estimate of drug-likeness (QED) is 0.201. The minimum Gasteiger partial charge on any atom is -0.507 e. The van der Waals surface area contributed by atoms with E-state index in [4.69, 9.17) is 14.2 Å². The minimum absolute atomic E-state index is 0.00777. The number of hydrogen-bond acceptors (Lipinski definition) is 9. The van der Waals surface area contributed by atoms with E-state index >= 15 is 0 Å². The highest BCUT2D eigenvalue weighted by molar-refractivity contribution is 6.02. The van der Waals surface area contributed by atoms with E-state index < -0.39 is 23.1 Å². The molecule has 230 valence electrons. The van der Waals surface area contributed by atoms with Crippen LogP contribution in [-0.2, 0) is 14.1 Å². The SMILES string of the molecule is COc1cc(O)c2c(=O)c3ccc(Oc4cccc5c(=O)c6c(O)cc7c(c6n(C)c45)C(O)C(C(C)C)O7)c(O)c3n(C)c2c1. The van der Waals surface area contributed by atoms with E-state index in [2.05, 4.69) is 0 Å². The van der Waals surface area contributed by atoms with Gasteiger partial charge in [-0.3, -0.25) is 9.59 Å². The van der Waals surface area contributed by atoms with Crippen molar-refractivity contribution in [2.45, 2.75) is 26.1 Å². The number of phenols is 3. The molecule has 7 rings (SSSR count). The van der Waals surface area contributed by atoms with Crippen molar-refractivity contribution in [3.8, 4) is 40.2 Å². The third-order valence-electron chi connectivity index (χ3n) is 8.76. The number of para-hydroxylation sites is 1. The molecular weight excluding hydrogens is 580 g/mol. The van der Waals surface area contributed by atoms with Crippen molar-refractivity contribution in [2.75, 3.05) is 7.11 Å². The fourth-order valence-electron chi connectivity index (χ4n) is 6.60. The van der Waals surface area contributed by atoms with Gasteiger partial charge in [0.15, 0.2) is 17.2 Å². The van der Waals surface area contributed by atoms with Gasteiger partial charge in [0, 0.05) is 32.3 Å². The number of nitrogens with zero attached hydrogens (tertiary/aromatic N) is 2. The molecule has 1 aliphatic rings. The molecule has 11 nitrogen and oxygen atoms in total. The molecule has 2 unspecified atom stereocenters. The molecule has 3 heterocycles. The van der Waals surface area contributed by atoms with Crippen molar-refractivity contribution in [3.63, 3.8) is 0 Å². The third kappa shape index (κ3) is 3.86. The van der Waals surface area contributed by atoms with Gasteiger partial charge in [-0.15, -0.1) is 0 Å². The van der Waals surface area contributed by atoms with Crippen LogP contribution in [0.25, 0.3) is 43.6 Å². The van der Waals surface area contributed by atoms with E-state index in [1.807, 2.05) is 13.8 Å². The number of fused-ring (bicyclic) bond motifs is 6. The van der Waals surface area contributed by atoms with E-state index in [0.29, 0.717) is 33.6 Å². The summed E-state index contributed by atoms with van der Waals surface area (Å²) in [6.45, 7) is 3.83. The van der Waals surface area contributed by atoms with Gasteiger partial charge in [0.2, 0.25) is 10.9 Å². The molecule has 4 aromatic carbocycles. The Morgan fingerprint density at radius 2 is 1.51 bits per heavy atom. The van der Waals surface area contributed by atoms with Crippen LogP contribution in [0.4, 0.5) is 0 Å². The minimum atomic E-state index is -1.04. The summed E-state index contributed by atoms with van der Waals surface area (Å²) >= 11 is 0. The monoisotopic (exact) mass is 610 g/mol. The fraction of sp³-hybridized carbons (Fsp3) is 0.235. The highest BCUT2D eigenvalue weighted by atomic mass is 16.5. The lowest BCUT2D eigenvalue weighted by Gasteiger charge is -2.20. The van der Waals surface area contributed by atoms with Crippen LogP contribution < -0.4 is 25.1 Å². The van der Waals surface area contributed by atoms with Crippen LogP contribution >= 0.6 is 0 Å². The van der Waals surface area contributed by atoms with Crippen LogP contribution in [0.15, 0.2) is 58.1 Å². The Balaban J connectivity index is 1.47. The standard InChI is InChI=1S/C34H30N2O9/c1-14(2)34-33(42)26-23(45-34)13-20(38)25-29(26)36(4)27-16(31(25)40)7-6-8-21(27)44-22-10-9-17-28(32(22)41)35(3)18-11-15(43-5)12-19(37)24(18)30(17)39/h6-14,33-34,37-38,41-42H,1-5H3. The van der Waals surface area contributed by atoms with Crippen molar-refractivity contribution in [2.24, 2.45) is 20.0 Å². The molecule has 45 heavy (non-hydrogen) atoms. The lowest BCUT2D eigenvalue weighted by molar-refractivity contribution is 0.0386. The second-order valence-electron chi connectivity index (χ2n) is 11.7. The zero-order chi connectivity index (χ0) is 32.1. The Morgan fingerprint density at radius 1 is 0.822 bits per heavy atom. The van der Waals surface area contributed by atoms with Crippen molar-refractivity contribution >= 4 is 43.6 Å². The van der Waals surface area contributed by atoms with Crippen LogP contribution in [0.2, 0.25) is 0 Å². The van der Waals surface area contributed by atoms with E-state index in [0.717, 1.165) is 0 Å². The molecule has 0 bridgehead atoms. The molecule has 11 heteroatoms. The molecule has 2 aromatic heterocycles. The Kier molecular flexibility index (Phi) is 6.17. The highest BCUT2D eigenvalue weighted by Gasteiger charge is 2.38. The maximum absolute atomic E-state index is 13.8. The van der Waals surface area contributed by atoms with Crippen LogP contribution in [0.1, 0.15) is 25.5 Å². The summed E-state index contributed by atoms with van der Waals surface area (Å²) in [7, 11) is 4.78. The maximum Gasteiger partial charge on any atom is 0.201 e. The number of aliphatic hydroxyl groups is 1. The molecule has 0 saturated heterocycles. The second-order valence-corrected chi connectivity index (χ2v) is 11.7. The fourth-order valence-corrected chi connectivity index (χ4v) is 6.60. The summed E-state index contributed by atoms with van der Waals surface area (Å²) in [5.74, 6) is -0.0513. The van der Waals surface area contributed by atoms with Crippen molar-refractivity contribution in [1.29, 1.82) is 0 Å². The van der Waals surface area contributed by atoms with Gasteiger partial charge in [-0.25, -0.2) is 0 Å². The number of phenolic OH excluding ortho intramolecular Hbond substituents is 3. The molecular formula is C34H30N2O9. The molecule has 0 saturated carbocycles. The first-order valence-corrected chi connectivity index (χ1v) is 14.3. The van der Waals surface area contributed by atoms with Crippen LogP contribution in [0, 0.1) is 5.92 Å². The lowest BCUT2D eigenvalue weighted by atomic mass is 9.95. The van der Waals surface area contributed by atoms with Gasteiger partial charge in [-0.1, -0.05) is 19.9 Å². The smallest absolute Gasteiger partial charge is 0.201 e. The second kappa shape index (κ2) is 9.80. The average Bonchev–Trinajstić information content (AvgIpc) is 3.34. The van der Waals surface area contributed by atoms with Crippen LogP contribution in [0.3, 0.4) is 0 Å². The molecule has 2 atom stereocenters. The summed E-state index contributed by atoms with van der Waals surface area (Å²) in [5.41, 5.74) is 0.614. The first kappa shape index (κ1) is 28.4. The Bertz CT molecular complexity index is 2370. The maximum atomic E-state index is 13.8. The van der Waals surface area contributed by atoms with E-state index in [9.17, 15) is 30.0 Å². The van der Waals surface area contributed by atoms with E-state index in [1.165, 1.54) is 31.4 Å². The molecule has 6 aromatic rings. The van der Waals surface area contributed by atoms with Crippen LogP contribution in [0.5, 0.6) is 40.2 Å². The van der Waals surface area contributed by atoms with Gasteiger partial charge in [0.25, 0.3) is 0 Å². The van der Waals surface area contributed by atoms with Gasteiger partial charge >= 0.3 is 0 Å². The van der Waals surface area contributed by atoms with Gasteiger partial charge < -0.3 is 43.8 Å². The normalized spacial score (nSPS) is 16.2. The van der Waals surface area contributed by atoms with Gasteiger partial charge in [0.05, 0.1) is 56.3 Å². The Morgan fingerprint density at radius 3 is 2.22 bits per heavy atom. The van der Waals surface area contributed by atoms with Crippen LogP contribution in [-0.4, -0.2) is 42.8 Å². The molecule has 0 amide bonds. The van der Waals surface area contributed by atoms with Gasteiger partial charge in [-0.2, -0.15) is 0 Å². The first-order valence-electron chi connectivity index (χ1n) is 14.3. The van der Waals surface area contributed by atoms with E-state index in [1.54, 1.807) is 47.5 Å². The zero-order valence-corrected chi connectivity index (χ0v) is 25.1. The number of rotatable bonds is 4. The molecule has 0 fully saturated rings. The summed E-state index contributed by atoms with van der Waals surface area (Å²) < 4.78 is 20.8. The molecule has 0 radical (unpaired) electrons. The van der Waals surface area contributed by atoms with Crippen molar-refractivity contribution in [3.05, 3.63) is 74.5 Å². The van der Waals surface area contributed by atoms with E-state index in [-0.39, 0.29) is 61.7 Å². The predicted octanol–water partition coefficient (Wildman–Crippen LogP) is 5.06. The Hall–Kier alpha value is -5.42. The third-order valence-corrected chi connectivity index (χ3v) is 8.76. The average molecular weight is 611 g/mol. The number of aryl methyl sites for hydroxylation is 2. The van der Waals surface area contributed by atoms with Crippen molar-refractivity contribution in [1.82, 2.24) is 9.13 Å². The number of aliphatic hydroxyl groups excluding tert-OH is 1. The number of aromatic hydroxyl groups is 3. The number of pyridine rings is 2. The first-order chi connectivity index (χ1) is 21.4. The van der Waals surface area contributed by atoms with Crippen molar-refractivity contribution < 1.29 is 34.6 Å².